The molecular weight excluding hydrogens is 247 g/mol. The van der Waals surface area contributed by atoms with Crippen LogP contribution in [0.2, 0.25) is 0 Å². The molecule has 1 aromatic carbocycles. The van der Waals surface area contributed by atoms with Crippen LogP contribution in [0.1, 0.15) is 5.56 Å². The predicted molar refractivity (Wildman–Crippen MR) is 58.9 cm³/mol. The molecular formula is C11H10F3N3O. The lowest BCUT2D eigenvalue weighted by Gasteiger charge is -2.10. The van der Waals surface area contributed by atoms with E-state index >= 15 is 0 Å². The quantitative estimate of drug-likeness (QED) is 0.918. The number of nitrogens with two attached hydrogens (primary N) is 1. The second-order valence-corrected chi connectivity index (χ2v) is 3.61. The van der Waals surface area contributed by atoms with Crippen LogP contribution in [0.5, 0.6) is 5.75 Å². The Hall–Kier alpha value is -2.18. The van der Waals surface area contributed by atoms with Gasteiger partial charge in [0.25, 0.3) is 0 Å². The van der Waals surface area contributed by atoms with Crippen molar-refractivity contribution in [2.45, 2.75) is 12.9 Å². The van der Waals surface area contributed by atoms with Gasteiger partial charge in [-0.25, -0.2) is 4.98 Å². The lowest BCUT2D eigenvalue weighted by Crippen LogP contribution is -2.17. The van der Waals surface area contributed by atoms with Crippen LogP contribution in [0.3, 0.4) is 0 Å². The number of imidazole rings is 1. The summed E-state index contributed by atoms with van der Waals surface area (Å²) >= 11 is 0. The summed E-state index contributed by atoms with van der Waals surface area (Å²) in [6, 6.07) is 5.73. The van der Waals surface area contributed by atoms with Crippen LogP contribution in [0.15, 0.2) is 36.7 Å². The molecule has 0 bridgehead atoms. The Bertz CT molecular complexity index is 536. The zero-order chi connectivity index (χ0) is 13.2. The minimum Gasteiger partial charge on any atom is -0.406 e. The van der Waals surface area contributed by atoms with Gasteiger partial charge in [-0.05, 0) is 17.7 Å². The van der Waals surface area contributed by atoms with E-state index in [2.05, 4.69) is 9.72 Å². The summed E-state index contributed by atoms with van der Waals surface area (Å²) in [5.41, 5.74) is 6.21. The van der Waals surface area contributed by atoms with Gasteiger partial charge in [-0.1, -0.05) is 12.1 Å². The third-order valence-electron chi connectivity index (χ3n) is 2.23. The van der Waals surface area contributed by atoms with Crippen LogP contribution in [0.4, 0.5) is 19.1 Å². The van der Waals surface area contributed by atoms with E-state index in [-0.39, 0.29) is 5.75 Å². The Morgan fingerprint density at radius 2 is 2.11 bits per heavy atom. The smallest absolute Gasteiger partial charge is 0.406 e. The number of nitrogen functional groups attached to an aromatic ring is 1. The van der Waals surface area contributed by atoms with Gasteiger partial charge >= 0.3 is 6.36 Å². The summed E-state index contributed by atoms with van der Waals surface area (Å²) in [5.74, 6) is 0.0517. The van der Waals surface area contributed by atoms with Gasteiger partial charge < -0.3 is 15.0 Å². The van der Waals surface area contributed by atoms with Crippen LogP contribution in [-0.2, 0) is 6.54 Å². The van der Waals surface area contributed by atoms with Gasteiger partial charge in [0.15, 0.2) is 5.95 Å². The molecule has 0 aliphatic rings. The normalized spacial score (nSPS) is 11.5. The number of ether oxygens (including phenoxy) is 1. The summed E-state index contributed by atoms with van der Waals surface area (Å²) in [5, 5.41) is 0. The monoisotopic (exact) mass is 257 g/mol. The summed E-state index contributed by atoms with van der Waals surface area (Å²) in [6.07, 6.45) is -1.52. The average Bonchev–Trinajstić information content (AvgIpc) is 2.62. The Balaban J connectivity index is 2.15. The first kappa shape index (κ1) is 12.3. The molecule has 0 atom stereocenters. The van der Waals surface area contributed by atoms with Crippen LogP contribution in [0, 0.1) is 0 Å². The van der Waals surface area contributed by atoms with E-state index in [9.17, 15) is 13.2 Å². The van der Waals surface area contributed by atoms with Gasteiger partial charge in [0, 0.05) is 12.4 Å². The summed E-state index contributed by atoms with van der Waals surface area (Å²) in [7, 11) is 0. The second kappa shape index (κ2) is 4.59. The van der Waals surface area contributed by atoms with Crippen molar-refractivity contribution in [3.05, 3.63) is 42.2 Å². The first-order valence-electron chi connectivity index (χ1n) is 5.05. The van der Waals surface area contributed by atoms with Gasteiger partial charge in [0.05, 0.1) is 6.54 Å². The number of benzene rings is 1. The maximum atomic E-state index is 12.1. The van der Waals surface area contributed by atoms with E-state index < -0.39 is 6.36 Å². The molecule has 0 fully saturated rings. The SMILES string of the molecule is Nc1nccn1Cc1cccc(OC(F)(F)F)c1. The van der Waals surface area contributed by atoms with E-state index in [1.54, 1.807) is 16.8 Å². The molecule has 1 heterocycles. The number of hydrogen-bond donors (Lipinski definition) is 1. The highest BCUT2D eigenvalue weighted by molar-refractivity contribution is 5.30. The molecule has 0 radical (unpaired) electrons. The summed E-state index contributed by atoms with van der Waals surface area (Å²) < 4.78 is 41.6. The van der Waals surface area contributed by atoms with E-state index in [0.29, 0.717) is 18.1 Å². The van der Waals surface area contributed by atoms with Crippen molar-refractivity contribution in [2.75, 3.05) is 5.73 Å². The van der Waals surface area contributed by atoms with Crippen LogP contribution in [-0.4, -0.2) is 15.9 Å². The predicted octanol–water partition coefficient (Wildman–Crippen LogP) is 2.41. The first-order chi connectivity index (χ1) is 8.44. The Kier molecular flexibility index (Phi) is 3.14. The molecule has 0 aliphatic heterocycles. The van der Waals surface area contributed by atoms with Crippen molar-refractivity contribution >= 4 is 5.95 Å². The summed E-state index contributed by atoms with van der Waals surface area (Å²) in [6.45, 7) is 0.334. The third kappa shape index (κ3) is 3.16. The van der Waals surface area contributed by atoms with E-state index in [1.807, 2.05) is 0 Å². The number of anilines is 1. The van der Waals surface area contributed by atoms with Gasteiger partial charge in [-0.15, -0.1) is 13.2 Å². The molecule has 2 aromatic rings. The van der Waals surface area contributed by atoms with Gasteiger partial charge in [0.2, 0.25) is 0 Å². The van der Waals surface area contributed by atoms with E-state index in [1.165, 1.54) is 24.4 Å². The number of aromatic nitrogens is 2. The fraction of sp³-hybridized carbons (Fsp3) is 0.182. The lowest BCUT2D eigenvalue weighted by molar-refractivity contribution is -0.274. The van der Waals surface area contributed by atoms with Gasteiger partial charge in [-0.3, -0.25) is 0 Å². The number of nitrogens with zero attached hydrogens (tertiary/aromatic N) is 2. The van der Waals surface area contributed by atoms with E-state index in [0.717, 1.165) is 0 Å². The molecule has 0 saturated carbocycles. The number of hydrogen-bond acceptors (Lipinski definition) is 3. The second-order valence-electron chi connectivity index (χ2n) is 3.61. The third-order valence-corrected chi connectivity index (χ3v) is 2.23. The number of alkyl halides is 3. The van der Waals surface area contributed by atoms with Crippen molar-refractivity contribution in [1.29, 1.82) is 0 Å². The van der Waals surface area contributed by atoms with E-state index in [4.69, 9.17) is 5.73 Å². The molecule has 0 aliphatic carbocycles. The first-order valence-corrected chi connectivity index (χ1v) is 5.05. The molecule has 1 aromatic heterocycles. The molecule has 4 nitrogen and oxygen atoms in total. The fourth-order valence-electron chi connectivity index (χ4n) is 1.51. The molecule has 2 N–H and O–H groups in total. The highest BCUT2D eigenvalue weighted by Crippen LogP contribution is 2.23. The molecule has 0 unspecified atom stereocenters. The van der Waals surface area contributed by atoms with Crippen molar-refractivity contribution in [3.8, 4) is 5.75 Å². The van der Waals surface area contributed by atoms with Crippen molar-refractivity contribution in [2.24, 2.45) is 0 Å². The molecule has 7 heteroatoms. The van der Waals surface area contributed by atoms with Crippen LogP contribution < -0.4 is 10.5 Å². The molecule has 18 heavy (non-hydrogen) atoms. The average molecular weight is 257 g/mol. The van der Waals surface area contributed by atoms with Crippen LogP contribution >= 0.6 is 0 Å². The minimum atomic E-state index is -4.69. The Labute approximate surface area is 101 Å². The summed E-state index contributed by atoms with van der Waals surface area (Å²) in [4.78, 5) is 3.82. The van der Waals surface area contributed by atoms with Gasteiger partial charge in [-0.2, -0.15) is 0 Å². The molecule has 0 saturated heterocycles. The Morgan fingerprint density at radius 1 is 1.33 bits per heavy atom. The number of rotatable bonds is 3. The molecule has 2 rings (SSSR count). The maximum Gasteiger partial charge on any atom is 0.573 e. The van der Waals surface area contributed by atoms with Gasteiger partial charge in [0.1, 0.15) is 5.75 Å². The topological polar surface area (TPSA) is 53.1 Å². The fourth-order valence-corrected chi connectivity index (χ4v) is 1.51. The highest BCUT2D eigenvalue weighted by atomic mass is 19.4. The molecule has 96 valence electrons. The number of halogens is 3. The highest BCUT2D eigenvalue weighted by Gasteiger charge is 2.31. The van der Waals surface area contributed by atoms with Crippen LogP contribution in [0.25, 0.3) is 0 Å². The zero-order valence-electron chi connectivity index (χ0n) is 9.19. The largest absolute Gasteiger partial charge is 0.573 e. The Morgan fingerprint density at radius 3 is 2.72 bits per heavy atom. The van der Waals surface area contributed by atoms with Crippen molar-refractivity contribution in [3.63, 3.8) is 0 Å². The standard InChI is InChI=1S/C11H10F3N3O/c12-11(13,14)18-9-3-1-2-8(6-9)7-17-5-4-16-10(17)15/h1-6H,7H2,(H2,15,16). The van der Waals surface area contributed by atoms with Crippen molar-refractivity contribution < 1.29 is 17.9 Å². The van der Waals surface area contributed by atoms with Crippen molar-refractivity contribution in [1.82, 2.24) is 9.55 Å². The molecule has 0 amide bonds. The molecule has 0 spiro atoms. The lowest BCUT2D eigenvalue weighted by atomic mass is 10.2. The minimum absolute atomic E-state index is 0.251. The zero-order valence-corrected chi connectivity index (χ0v) is 9.19. The maximum absolute atomic E-state index is 12.1.